The minimum Gasteiger partial charge on any atom is -0.309 e. The van der Waals surface area contributed by atoms with Crippen molar-refractivity contribution in [3.63, 3.8) is 0 Å². The Hall–Kier alpha value is -2.37. The van der Waals surface area contributed by atoms with Crippen LogP contribution in [0.1, 0.15) is 37.8 Å². The first kappa shape index (κ1) is 14.9. The summed E-state index contributed by atoms with van der Waals surface area (Å²) >= 11 is 0. The van der Waals surface area contributed by atoms with Crippen molar-refractivity contribution in [3.8, 4) is 0 Å². The van der Waals surface area contributed by atoms with E-state index < -0.39 is 0 Å². The van der Waals surface area contributed by atoms with Crippen molar-refractivity contribution >= 4 is 17.6 Å². The number of hydrogen-bond donors (Lipinski definition) is 0. The van der Waals surface area contributed by atoms with E-state index in [1.54, 1.807) is 0 Å². The van der Waals surface area contributed by atoms with Gasteiger partial charge >= 0.3 is 6.03 Å². The van der Waals surface area contributed by atoms with E-state index in [2.05, 4.69) is 4.98 Å². The monoisotopic (exact) mass is 338 g/mol. The van der Waals surface area contributed by atoms with Gasteiger partial charge in [0.2, 0.25) is 0 Å². The van der Waals surface area contributed by atoms with E-state index in [4.69, 9.17) is 0 Å². The number of carbonyl (C=O) groups is 2. The summed E-state index contributed by atoms with van der Waals surface area (Å²) < 4.78 is 1.97. The number of pyridine rings is 1. The fraction of sp³-hybridized carbons (Fsp3) is 0.526. The molecule has 25 heavy (non-hydrogen) atoms. The molecule has 0 spiro atoms. The minimum absolute atomic E-state index is 0.00293. The van der Waals surface area contributed by atoms with Gasteiger partial charge in [0, 0.05) is 31.4 Å². The normalized spacial score (nSPS) is 28.7. The largest absolute Gasteiger partial charge is 0.327 e. The molecule has 130 valence electrons. The number of amides is 3. The molecular formula is C19H22N4O2. The molecule has 6 heteroatoms. The maximum atomic E-state index is 12.9. The van der Waals surface area contributed by atoms with Gasteiger partial charge < -0.3 is 9.30 Å². The van der Waals surface area contributed by atoms with Crippen LogP contribution in [0.3, 0.4) is 0 Å². The highest BCUT2D eigenvalue weighted by atomic mass is 16.2. The van der Waals surface area contributed by atoms with Crippen LogP contribution in [-0.2, 0) is 11.2 Å². The number of urea groups is 1. The Labute approximate surface area is 146 Å². The highest BCUT2D eigenvalue weighted by molar-refractivity contribution is 6.04. The third kappa shape index (κ3) is 2.27. The van der Waals surface area contributed by atoms with Gasteiger partial charge in [-0.1, -0.05) is 18.9 Å². The molecule has 3 amide bonds. The lowest BCUT2D eigenvalue weighted by Crippen LogP contribution is -2.41. The van der Waals surface area contributed by atoms with Crippen LogP contribution in [0.25, 0.3) is 5.65 Å². The van der Waals surface area contributed by atoms with Crippen LogP contribution in [0.2, 0.25) is 0 Å². The fourth-order valence-corrected chi connectivity index (χ4v) is 4.91. The molecule has 2 aliphatic heterocycles. The van der Waals surface area contributed by atoms with Crippen LogP contribution in [0.5, 0.6) is 0 Å². The first-order chi connectivity index (χ1) is 12.2. The van der Waals surface area contributed by atoms with Crippen molar-refractivity contribution in [1.82, 2.24) is 19.2 Å². The number of hydrogen-bond acceptors (Lipinski definition) is 3. The van der Waals surface area contributed by atoms with Crippen molar-refractivity contribution in [2.75, 3.05) is 6.54 Å². The average Bonchev–Trinajstić information content (AvgIpc) is 3.27. The first-order valence-corrected chi connectivity index (χ1v) is 9.28. The van der Waals surface area contributed by atoms with E-state index in [-0.39, 0.29) is 24.0 Å². The number of nitrogens with zero attached hydrogens (tertiary/aromatic N) is 4. The maximum Gasteiger partial charge on any atom is 0.327 e. The van der Waals surface area contributed by atoms with Crippen LogP contribution in [0.15, 0.2) is 30.6 Å². The smallest absolute Gasteiger partial charge is 0.309 e. The average molecular weight is 338 g/mol. The molecule has 3 atom stereocenters. The Bertz CT molecular complexity index is 812. The van der Waals surface area contributed by atoms with Crippen LogP contribution in [0.4, 0.5) is 4.79 Å². The number of aromatic nitrogens is 2. The van der Waals surface area contributed by atoms with Crippen molar-refractivity contribution in [2.24, 2.45) is 5.92 Å². The summed E-state index contributed by atoms with van der Waals surface area (Å²) in [4.78, 5) is 33.5. The Kier molecular flexibility index (Phi) is 3.33. The van der Waals surface area contributed by atoms with Crippen molar-refractivity contribution in [2.45, 2.75) is 50.6 Å². The van der Waals surface area contributed by atoms with Gasteiger partial charge in [0.1, 0.15) is 11.7 Å². The van der Waals surface area contributed by atoms with Gasteiger partial charge in [-0.2, -0.15) is 0 Å². The lowest BCUT2D eigenvalue weighted by molar-refractivity contribution is -0.128. The number of carbonyl (C=O) groups excluding carboxylic acids is 2. The molecule has 3 aliphatic rings. The molecule has 0 N–H and O–H groups in total. The summed E-state index contributed by atoms with van der Waals surface area (Å²) in [6.45, 7) is 0.423. The lowest BCUT2D eigenvalue weighted by Gasteiger charge is -2.30. The highest BCUT2D eigenvalue weighted by Crippen LogP contribution is 2.43. The van der Waals surface area contributed by atoms with Crippen LogP contribution in [0, 0.1) is 5.92 Å². The van der Waals surface area contributed by atoms with E-state index in [0.29, 0.717) is 18.9 Å². The molecule has 2 aromatic rings. The molecule has 0 bridgehead atoms. The van der Waals surface area contributed by atoms with E-state index in [0.717, 1.165) is 24.2 Å². The standard InChI is InChI=1S/C19H22N4O2/c24-18-16-11-13-5-1-2-6-15(13)23(16)19(25)22(18)10-8-14-12-21-9-4-3-7-17(21)20-14/h3-4,7,9,12-13,15-16H,1-2,5-6,8,10-11H2/t13-,15-,16-/m0/s1. The molecule has 5 rings (SSSR count). The topological polar surface area (TPSA) is 57.9 Å². The number of imide groups is 1. The first-order valence-electron chi connectivity index (χ1n) is 9.28. The summed E-state index contributed by atoms with van der Waals surface area (Å²) in [5.41, 5.74) is 1.80. The zero-order chi connectivity index (χ0) is 17.0. The zero-order valence-electron chi connectivity index (χ0n) is 14.2. The van der Waals surface area contributed by atoms with Gasteiger partial charge in [-0.05, 0) is 37.3 Å². The van der Waals surface area contributed by atoms with Crippen LogP contribution in [-0.4, -0.2) is 49.8 Å². The van der Waals surface area contributed by atoms with E-state index in [1.807, 2.05) is 39.9 Å². The molecule has 1 saturated carbocycles. The van der Waals surface area contributed by atoms with E-state index in [9.17, 15) is 9.59 Å². The quantitative estimate of drug-likeness (QED) is 0.808. The van der Waals surface area contributed by atoms with E-state index in [1.165, 1.54) is 24.2 Å². The summed E-state index contributed by atoms with van der Waals surface area (Å²) in [6.07, 6.45) is 10.0. The van der Waals surface area contributed by atoms with Gasteiger partial charge in [0.05, 0.1) is 5.69 Å². The second kappa shape index (κ2) is 5.58. The Morgan fingerprint density at radius 2 is 2.04 bits per heavy atom. The summed E-state index contributed by atoms with van der Waals surface area (Å²) in [7, 11) is 0. The highest BCUT2D eigenvalue weighted by Gasteiger charge is 2.55. The molecule has 2 saturated heterocycles. The zero-order valence-corrected chi connectivity index (χ0v) is 14.2. The molecule has 6 nitrogen and oxygen atoms in total. The maximum absolute atomic E-state index is 12.9. The number of fused-ring (bicyclic) bond motifs is 4. The van der Waals surface area contributed by atoms with Gasteiger partial charge in [0.25, 0.3) is 5.91 Å². The molecule has 0 unspecified atom stereocenters. The second-order valence-electron chi connectivity index (χ2n) is 7.49. The predicted octanol–water partition coefficient (Wildman–Crippen LogP) is 2.47. The van der Waals surface area contributed by atoms with Crippen LogP contribution < -0.4 is 0 Å². The van der Waals surface area contributed by atoms with Crippen molar-refractivity contribution in [3.05, 3.63) is 36.3 Å². The minimum atomic E-state index is -0.207. The molecule has 3 fully saturated rings. The predicted molar refractivity (Wildman–Crippen MR) is 92.0 cm³/mol. The Morgan fingerprint density at radius 1 is 1.16 bits per heavy atom. The molecule has 2 aromatic heterocycles. The van der Waals surface area contributed by atoms with Gasteiger partial charge in [-0.15, -0.1) is 0 Å². The fourth-order valence-electron chi connectivity index (χ4n) is 4.91. The van der Waals surface area contributed by atoms with Crippen molar-refractivity contribution in [1.29, 1.82) is 0 Å². The van der Waals surface area contributed by atoms with Gasteiger partial charge in [-0.3, -0.25) is 9.69 Å². The molecule has 4 heterocycles. The Balaban J connectivity index is 1.32. The summed E-state index contributed by atoms with van der Waals surface area (Å²) in [5, 5.41) is 0. The third-order valence-electron chi connectivity index (χ3n) is 6.10. The van der Waals surface area contributed by atoms with Crippen molar-refractivity contribution < 1.29 is 9.59 Å². The molecular weight excluding hydrogens is 316 g/mol. The summed E-state index contributed by atoms with van der Waals surface area (Å²) in [6, 6.07) is 5.87. The lowest BCUT2D eigenvalue weighted by atomic mass is 9.84. The number of rotatable bonds is 3. The summed E-state index contributed by atoms with van der Waals surface area (Å²) in [5.74, 6) is 0.537. The van der Waals surface area contributed by atoms with Gasteiger partial charge in [-0.25, -0.2) is 9.78 Å². The second-order valence-corrected chi connectivity index (χ2v) is 7.49. The third-order valence-corrected chi connectivity index (χ3v) is 6.10. The van der Waals surface area contributed by atoms with E-state index >= 15 is 0 Å². The van der Waals surface area contributed by atoms with Gasteiger partial charge in [0.15, 0.2) is 0 Å². The molecule has 0 aromatic carbocycles. The van der Waals surface area contributed by atoms with Crippen LogP contribution >= 0.6 is 0 Å². The molecule has 1 aliphatic carbocycles. The Morgan fingerprint density at radius 3 is 2.92 bits per heavy atom. The molecule has 0 radical (unpaired) electrons. The SMILES string of the molecule is O=C1[C@@H]2C[C@@H]3CCCC[C@@H]3N2C(=O)N1CCc1cn2ccccc2n1. The number of imidazole rings is 1.